The van der Waals surface area contributed by atoms with Crippen molar-refractivity contribution in [1.82, 2.24) is 14.7 Å². The highest BCUT2D eigenvalue weighted by molar-refractivity contribution is 9.10. The van der Waals surface area contributed by atoms with Crippen LogP contribution >= 0.6 is 15.9 Å². The Hall–Kier alpha value is -1.36. The molecule has 0 saturated carbocycles. The molecule has 2 heterocycles. The van der Waals surface area contributed by atoms with Crippen LogP contribution in [0.3, 0.4) is 0 Å². The Balaban J connectivity index is 2.22. The van der Waals surface area contributed by atoms with Crippen LogP contribution in [0.4, 0.5) is 0 Å². The fourth-order valence-electron chi connectivity index (χ4n) is 1.56. The molecule has 0 aromatic carbocycles. The molecule has 1 N–H and O–H groups in total. The van der Waals surface area contributed by atoms with Crippen LogP contribution < -0.4 is 5.32 Å². The van der Waals surface area contributed by atoms with Gasteiger partial charge in [-0.2, -0.15) is 0 Å². The Kier molecular flexibility index (Phi) is 3.47. The van der Waals surface area contributed by atoms with E-state index in [0.717, 1.165) is 15.9 Å². The van der Waals surface area contributed by atoms with Gasteiger partial charge in [-0.25, -0.2) is 4.98 Å². The fraction of sp³-hybridized carbons (Fsp3) is 0.333. The van der Waals surface area contributed by atoms with Gasteiger partial charge >= 0.3 is 0 Å². The molecule has 0 bridgehead atoms. The van der Waals surface area contributed by atoms with Crippen molar-refractivity contribution < 1.29 is 4.79 Å². The predicted molar refractivity (Wildman–Crippen MR) is 69.6 cm³/mol. The van der Waals surface area contributed by atoms with Gasteiger partial charge in [-0.3, -0.25) is 4.79 Å². The van der Waals surface area contributed by atoms with E-state index in [0.29, 0.717) is 6.54 Å². The molecule has 2 aromatic heterocycles. The highest BCUT2D eigenvalue weighted by atomic mass is 79.9. The number of nitrogens with zero attached hydrogens (tertiary/aromatic N) is 2. The van der Waals surface area contributed by atoms with Crippen LogP contribution in [-0.4, -0.2) is 15.3 Å². The summed E-state index contributed by atoms with van der Waals surface area (Å²) in [7, 11) is 0. The number of hydrogen-bond donors (Lipinski definition) is 1. The zero-order chi connectivity index (χ0) is 12.4. The third-order valence-corrected chi connectivity index (χ3v) is 3.11. The van der Waals surface area contributed by atoms with Crippen molar-refractivity contribution in [2.75, 3.05) is 0 Å². The standard InChI is InChI=1S/C12H14BrN3O/c1-8(2)12(17)14-7-10-15-11(13)9-5-3-4-6-16(9)10/h3-6,8H,7H2,1-2H3,(H,14,17). The maximum atomic E-state index is 11.5. The maximum absolute atomic E-state index is 11.5. The van der Waals surface area contributed by atoms with Crippen LogP contribution in [0.25, 0.3) is 5.52 Å². The summed E-state index contributed by atoms with van der Waals surface area (Å²) in [6.45, 7) is 4.18. The van der Waals surface area contributed by atoms with Gasteiger partial charge in [-0.15, -0.1) is 0 Å². The van der Waals surface area contributed by atoms with Crippen molar-refractivity contribution >= 4 is 27.4 Å². The number of fused-ring (bicyclic) bond motifs is 1. The quantitative estimate of drug-likeness (QED) is 0.945. The Morgan fingerprint density at radius 1 is 1.53 bits per heavy atom. The lowest BCUT2D eigenvalue weighted by Crippen LogP contribution is -2.27. The van der Waals surface area contributed by atoms with E-state index >= 15 is 0 Å². The number of carbonyl (C=O) groups excluding carboxylic acids is 1. The molecule has 0 saturated heterocycles. The third kappa shape index (κ3) is 2.49. The zero-order valence-corrected chi connectivity index (χ0v) is 11.4. The number of rotatable bonds is 3. The lowest BCUT2D eigenvalue weighted by molar-refractivity contribution is -0.124. The topological polar surface area (TPSA) is 46.4 Å². The number of hydrogen-bond acceptors (Lipinski definition) is 2. The van der Waals surface area contributed by atoms with Crippen molar-refractivity contribution in [3.8, 4) is 0 Å². The first kappa shape index (κ1) is 12.1. The molecule has 0 radical (unpaired) electrons. The Morgan fingerprint density at radius 2 is 2.29 bits per heavy atom. The van der Waals surface area contributed by atoms with Crippen LogP contribution in [0.1, 0.15) is 19.7 Å². The molecule has 90 valence electrons. The summed E-state index contributed by atoms with van der Waals surface area (Å²) in [6.07, 6.45) is 1.93. The minimum absolute atomic E-state index is 0.00957. The van der Waals surface area contributed by atoms with Gasteiger partial charge < -0.3 is 9.72 Å². The monoisotopic (exact) mass is 295 g/mol. The molecule has 1 amide bonds. The summed E-state index contributed by atoms with van der Waals surface area (Å²) in [5, 5.41) is 2.86. The number of pyridine rings is 1. The molecule has 0 fully saturated rings. The Labute approximate surface area is 108 Å². The molecule has 0 spiro atoms. The van der Waals surface area contributed by atoms with E-state index in [1.165, 1.54) is 0 Å². The summed E-state index contributed by atoms with van der Waals surface area (Å²) < 4.78 is 2.76. The predicted octanol–water partition coefficient (Wildman–Crippen LogP) is 2.37. The lowest BCUT2D eigenvalue weighted by atomic mass is 10.2. The van der Waals surface area contributed by atoms with Gasteiger partial charge in [0.2, 0.25) is 5.91 Å². The molecule has 0 aliphatic heterocycles. The molecule has 0 unspecified atom stereocenters. The van der Waals surface area contributed by atoms with Gasteiger partial charge in [-0.05, 0) is 28.1 Å². The minimum atomic E-state index is -0.00957. The molecule has 0 atom stereocenters. The number of imidazole rings is 1. The van der Waals surface area contributed by atoms with Crippen molar-refractivity contribution in [3.05, 3.63) is 34.8 Å². The van der Waals surface area contributed by atoms with Gasteiger partial charge in [0.25, 0.3) is 0 Å². The summed E-state index contributed by atoms with van der Waals surface area (Å²) in [4.78, 5) is 15.9. The average Bonchev–Trinajstić information content (AvgIpc) is 2.64. The smallest absolute Gasteiger partial charge is 0.222 e. The third-order valence-electron chi connectivity index (χ3n) is 2.52. The normalized spacial score (nSPS) is 11.1. The Morgan fingerprint density at radius 3 is 3.00 bits per heavy atom. The average molecular weight is 296 g/mol. The summed E-state index contributed by atoms with van der Waals surface area (Å²) in [5.41, 5.74) is 1.00. The van der Waals surface area contributed by atoms with Gasteiger partial charge in [0.1, 0.15) is 10.4 Å². The number of amides is 1. The van der Waals surface area contributed by atoms with Crippen LogP contribution in [-0.2, 0) is 11.3 Å². The summed E-state index contributed by atoms with van der Waals surface area (Å²) >= 11 is 3.41. The second-order valence-corrected chi connectivity index (χ2v) is 4.90. The van der Waals surface area contributed by atoms with Gasteiger partial charge in [0.05, 0.1) is 12.1 Å². The van der Waals surface area contributed by atoms with E-state index in [1.807, 2.05) is 42.6 Å². The molecule has 4 nitrogen and oxygen atoms in total. The molecule has 0 aliphatic carbocycles. The van der Waals surface area contributed by atoms with Crippen LogP contribution in [0.5, 0.6) is 0 Å². The molecular weight excluding hydrogens is 282 g/mol. The first-order valence-corrected chi connectivity index (χ1v) is 6.28. The van der Waals surface area contributed by atoms with E-state index in [-0.39, 0.29) is 11.8 Å². The van der Waals surface area contributed by atoms with Crippen LogP contribution in [0.15, 0.2) is 29.0 Å². The SMILES string of the molecule is CC(C)C(=O)NCc1nc(Br)c2ccccn12. The molecule has 5 heteroatoms. The van der Waals surface area contributed by atoms with E-state index < -0.39 is 0 Å². The fourth-order valence-corrected chi connectivity index (χ4v) is 2.08. The molecule has 2 rings (SSSR count). The molecule has 0 aliphatic rings. The largest absolute Gasteiger partial charge is 0.349 e. The first-order valence-electron chi connectivity index (χ1n) is 5.48. The second-order valence-electron chi connectivity index (χ2n) is 4.15. The Bertz CT molecular complexity index is 548. The maximum Gasteiger partial charge on any atom is 0.222 e. The molecule has 17 heavy (non-hydrogen) atoms. The van der Waals surface area contributed by atoms with Gasteiger partial charge in [-0.1, -0.05) is 19.9 Å². The number of halogens is 1. The highest BCUT2D eigenvalue weighted by Crippen LogP contribution is 2.18. The van der Waals surface area contributed by atoms with Crippen LogP contribution in [0, 0.1) is 5.92 Å². The van der Waals surface area contributed by atoms with Crippen molar-refractivity contribution in [2.24, 2.45) is 5.92 Å². The van der Waals surface area contributed by atoms with E-state index in [2.05, 4.69) is 26.2 Å². The summed E-state index contributed by atoms with van der Waals surface area (Å²) in [5.74, 6) is 0.847. The molecule has 2 aromatic rings. The number of carbonyl (C=O) groups is 1. The number of nitrogens with one attached hydrogen (secondary N) is 1. The lowest BCUT2D eigenvalue weighted by Gasteiger charge is -2.06. The molecular formula is C12H14BrN3O. The highest BCUT2D eigenvalue weighted by Gasteiger charge is 2.11. The van der Waals surface area contributed by atoms with E-state index in [1.54, 1.807) is 0 Å². The van der Waals surface area contributed by atoms with Gasteiger partial charge in [0, 0.05) is 12.1 Å². The summed E-state index contributed by atoms with van der Waals surface area (Å²) in [6, 6.07) is 5.87. The van der Waals surface area contributed by atoms with E-state index in [4.69, 9.17) is 0 Å². The first-order chi connectivity index (χ1) is 8.09. The van der Waals surface area contributed by atoms with Crippen molar-refractivity contribution in [1.29, 1.82) is 0 Å². The minimum Gasteiger partial charge on any atom is -0.349 e. The van der Waals surface area contributed by atoms with E-state index in [9.17, 15) is 4.79 Å². The van der Waals surface area contributed by atoms with Gasteiger partial charge in [0.15, 0.2) is 0 Å². The zero-order valence-electron chi connectivity index (χ0n) is 9.77. The van der Waals surface area contributed by atoms with Crippen LogP contribution in [0.2, 0.25) is 0 Å². The second kappa shape index (κ2) is 4.87. The van der Waals surface area contributed by atoms with Crippen molar-refractivity contribution in [2.45, 2.75) is 20.4 Å². The van der Waals surface area contributed by atoms with Crippen molar-refractivity contribution in [3.63, 3.8) is 0 Å². The number of aromatic nitrogens is 2.